The predicted molar refractivity (Wildman–Crippen MR) is 120 cm³/mol. The summed E-state index contributed by atoms with van der Waals surface area (Å²) < 4.78 is 0. The van der Waals surface area contributed by atoms with Crippen molar-refractivity contribution in [3.63, 3.8) is 0 Å². The third kappa shape index (κ3) is 5.79. The minimum atomic E-state index is -1.04. The van der Waals surface area contributed by atoms with Crippen molar-refractivity contribution in [3.8, 4) is 11.1 Å². The number of nitrogens with zero attached hydrogens (tertiary/aromatic N) is 1. The van der Waals surface area contributed by atoms with Gasteiger partial charge in [0.2, 0.25) is 0 Å². The molecule has 0 saturated carbocycles. The molecule has 1 aromatic heterocycles. The quantitative estimate of drug-likeness (QED) is 0.424. The second-order valence-electron chi connectivity index (χ2n) is 8.02. The number of nitrogens with one attached hydrogen (secondary N) is 2. The van der Waals surface area contributed by atoms with Crippen molar-refractivity contribution in [2.75, 3.05) is 6.54 Å². The van der Waals surface area contributed by atoms with Gasteiger partial charge in [0, 0.05) is 29.8 Å². The van der Waals surface area contributed by atoms with Crippen molar-refractivity contribution in [2.24, 2.45) is 11.7 Å². The lowest BCUT2D eigenvalue weighted by Crippen LogP contribution is -2.32. The lowest BCUT2D eigenvalue weighted by Gasteiger charge is -2.22. The Bertz CT molecular complexity index is 996. The molecule has 5 N–H and O–H groups in total. The number of aliphatic carboxylic acids is 1. The summed E-state index contributed by atoms with van der Waals surface area (Å²) in [5.41, 5.74) is 10.2. The molecule has 2 unspecified atom stereocenters. The molecule has 2 aromatic carbocycles. The maximum absolute atomic E-state index is 12.6. The minimum absolute atomic E-state index is 0.158. The summed E-state index contributed by atoms with van der Waals surface area (Å²) in [5.74, 6) is -0.677. The van der Waals surface area contributed by atoms with E-state index in [0.29, 0.717) is 18.0 Å². The van der Waals surface area contributed by atoms with Gasteiger partial charge in [0.15, 0.2) is 0 Å². The number of nitrogens with two attached hydrogens (primary N) is 1. The van der Waals surface area contributed by atoms with E-state index in [1.54, 1.807) is 30.5 Å². The maximum Gasteiger partial charge on any atom is 0.320 e. The number of aromatic amines is 1. The van der Waals surface area contributed by atoms with E-state index >= 15 is 0 Å². The van der Waals surface area contributed by atoms with Crippen LogP contribution in [-0.2, 0) is 11.2 Å². The topological polar surface area (TPSA) is 121 Å². The zero-order valence-electron chi connectivity index (χ0n) is 17.7. The first-order valence-electron chi connectivity index (χ1n) is 10.3. The van der Waals surface area contributed by atoms with E-state index in [4.69, 9.17) is 10.8 Å². The van der Waals surface area contributed by atoms with Gasteiger partial charge in [-0.15, -0.1) is 0 Å². The Labute approximate surface area is 181 Å². The number of carboxylic acids is 1. The molecule has 0 saturated heterocycles. The van der Waals surface area contributed by atoms with Crippen molar-refractivity contribution in [3.05, 3.63) is 77.6 Å². The average Bonchev–Trinajstić information content (AvgIpc) is 3.29. The Kier molecular flexibility index (Phi) is 7.20. The van der Waals surface area contributed by atoms with E-state index in [0.717, 1.165) is 16.7 Å². The number of H-pyrrole nitrogens is 1. The van der Waals surface area contributed by atoms with Crippen LogP contribution in [0.1, 0.15) is 41.3 Å². The van der Waals surface area contributed by atoms with Crippen molar-refractivity contribution in [1.82, 2.24) is 15.5 Å². The van der Waals surface area contributed by atoms with Crippen molar-refractivity contribution >= 4 is 11.9 Å². The van der Waals surface area contributed by atoms with Gasteiger partial charge in [-0.25, -0.2) is 0 Å². The van der Waals surface area contributed by atoms with E-state index < -0.39 is 12.0 Å². The van der Waals surface area contributed by atoms with Crippen LogP contribution in [0, 0.1) is 5.92 Å². The summed E-state index contributed by atoms with van der Waals surface area (Å²) in [6.45, 7) is 4.80. The number of carboxylic acid groups (broad SMARTS) is 1. The number of benzene rings is 2. The van der Waals surface area contributed by atoms with Crippen molar-refractivity contribution in [1.29, 1.82) is 0 Å². The van der Waals surface area contributed by atoms with Gasteiger partial charge in [0.25, 0.3) is 5.91 Å². The number of hydrogen-bond donors (Lipinski definition) is 4. The monoisotopic (exact) mass is 420 g/mol. The second-order valence-corrected chi connectivity index (χ2v) is 8.02. The highest BCUT2D eigenvalue weighted by Crippen LogP contribution is 2.26. The van der Waals surface area contributed by atoms with Crippen molar-refractivity contribution in [2.45, 2.75) is 32.2 Å². The molecule has 0 aliphatic rings. The molecule has 0 fully saturated rings. The van der Waals surface area contributed by atoms with E-state index in [1.807, 2.05) is 6.20 Å². The highest BCUT2D eigenvalue weighted by Gasteiger charge is 2.18. The molecule has 1 heterocycles. The first-order chi connectivity index (χ1) is 14.8. The number of carbonyl (C=O) groups excluding carboxylic acids is 1. The second kappa shape index (κ2) is 10.0. The van der Waals surface area contributed by atoms with Crippen LogP contribution < -0.4 is 11.1 Å². The van der Waals surface area contributed by atoms with E-state index in [9.17, 15) is 9.59 Å². The molecule has 31 heavy (non-hydrogen) atoms. The molecule has 7 nitrogen and oxygen atoms in total. The summed E-state index contributed by atoms with van der Waals surface area (Å²) in [6, 6.07) is 14.3. The SMILES string of the molecule is CC(C)C(CNC(=O)c1ccc(CC(N)C(=O)O)cc1)c1ccc(-c2cn[nH]c2)cc1. The summed E-state index contributed by atoms with van der Waals surface area (Å²) in [7, 11) is 0. The van der Waals surface area contributed by atoms with Gasteiger partial charge in [0.05, 0.1) is 6.20 Å². The standard InChI is InChI=1S/C24H28N4O3/c1-15(2)21(18-9-7-17(8-10-18)20-12-27-28-13-20)14-26-23(29)19-5-3-16(4-6-19)11-22(25)24(30)31/h3-10,12-13,15,21-22H,11,14,25H2,1-2H3,(H,26,29)(H,27,28)(H,30,31). The molecular weight excluding hydrogens is 392 g/mol. The molecule has 3 rings (SSSR count). The first-order valence-corrected chi connectivity index (χ1v) is 10.3. The summed E-state index contributed by atoms with van der Waals surface area (Å²) in [4.78, 5) is 23.5. The van der Waals surface area contributed by atoms with E-state index in [2.05, 4.69) is 53.6 Å². The third-order valence-corrected chi connectivity index (χ3v) is 5.45. The fourth-order valence-electron chi connectivity index (χ4n) is 3.51. The number of rotatable bonds is 9. The van der Waals surface area contributed by atoms with Gasteiger partial charge in [-0.3, -0.25) is 14.7 Å². The molecule has 0 spiro atoms. The lowest BCUT2D eigenvalue weighted by atomic mass is 9.87. The molecule has 0 bridgehead atoms. The molecule has 0 radical (unpaired) electrons. The van der Waals surface area contributed by atoms with Crippen LogP contribution in [0.25, 0.3) is 11.1 Å². The van der Waals surface area contributed by atoms with Gasteiger partial charge >= 0.3 is 5.97 Å². The molecule has 1 amide bonds. The van der Waals surface area contributed by atoms with Crippen molar-refractivity contribution < 1.29 is 14.7 Å². The summed E-state index contributed by atoms with van der Waals surface area (Å²) >= 11 is 0. The molecule has 0 aliphatic heterocycles. The van der Waals surface area contributed by atoms with Gasteiger partial charge in [-0.1, -0.05) is 50.2 Å². The Morgan fingerprint density at radius 1 is 1.06 bits per heavy atom. The van der Waals surface area contributed by atoms with Gasteiger partial charge in [-0.2, -0.15) is 5.10 Å². The molecule has 0 aliphatic carbocycles. The normalized spacial score (nSPS) is 13.0. The smallest absolute Gasteiger partial charge is 0.320 e. The highest BCUT2D eigenvalue weighted by atomic mass is 16.4. The average molecular weight is 421 g/mol. The van der Waals surface area contributed by atoms with Gasteiger partial charge in [-0.05, 0) is 41.2 Å². The predicted octanol–water partition coefficient (Wildman–Crippen LogP) is 3.20. The largest absolute Gasteiger partial charge is 0.480 e. The lowest BCUT2D eigenvalue weighted by molar-refractivity contribution is -0.138. The van der Waals surface area contributed by atoms with Crippen LogP contribution in [0.2, 0.25) is 0 Å². The third-order valence-electron chi connectivity index (χ3n) is 5.45. The van der Waals surface area contributed by atoms with Gasteiger partial charge in [0.1, 0.15) is 6.04 Å². The van der Waals surface area contributed by atoms with Crippen LogP contribution in [0.3, 0.4) is 0 Å². The maximum atomic E-state index is 12.6. The Morgan fingerprint density at radius 3 is 2.29 bits per heavy atom. The first kappa shape index (κ1) is 22.2. The fourth-order valence-corrected chi connectivity index (χ4v) is 3.51. The molecule has 2 atom stereocenters. The van der Waals surface area contributed by atoms with Crippen LogP contribution >= 0.6 is 0 Å². The Balaban J connectivity index is 1.62. The number of aromatic nitrogens is 2. The van der Waals surface area contributed by atoms with E-state index in [1.165, 1.54) is 5.56 Å². The van der Waals surface area contributed by atoms with Crippen LogP contribution in [-0.4, -0.2) is 39.8 Å². The Morgan fingerprint density at radius 2 is 1.74 bits per heavy atom. The molecule has 162 valence electrons. The molecule has 3 aromatic rings. The minimum Gasteiger partial charge on any atom is -0.480 e. The highest BCUT2D eigenvalue weighted by molar-refractivity contribution is 5.94. The van der Waals surface area contributed by atoms with E-state index in [-0.39, 0.29) is 18.2 Å². The Hall–Kier alpha value is -3.45. The zero-order valence-corrected chi connectivity index (χ0v) is 17.7. The van der Waals surface area contributed by atoms with Gasteiger partial charge < -0.3 is 16.2 Å². The number of hydrogen-bond acceptors (Lipinski definition) is 4. The number of carbonyl (C=O) groups is 2. The zero-order chi connectivity index (χ0) is 22.4. The fraction of sp³-hybridized carbons (Fsp3) is 0.292. The van der Waals surface area contributed by atoms with Crippen LogP contribution in [0.5, 0.6) is 0 Å². The molecular formula is C24H28N4O3. The number of amides is 1. The summed E-state index contributed by atoms with van der Waals surface area (Å²) in [5, 5.41) is 18.7. The van der Waals surface area contributed by atoms with Crippen LogP contribution in [0.15, 0.2) is 60.9 Å². The molecule has 7 heteroatoms. The summed E-state index contributed by atoms with van der Waals surface area (Å²) in [6.07, 6.45) is 3.87. The van der Waals surface area contributed by atoms with Crippen LogP contribution in [0.4, 0.5) is 0 Å².